The molecule has 2 heterocycles. The van der Waals surface area contributed by atoms with Gasteiger partial charge in [0, 0.05) is 43.2 Å². The van der Waals surface area contributed by atoms with Crippen molar-refractivity contribution in [1.82, 2.24) is 9.88 Å². The number of aromatic amines is 1. The molecule has 104 valence electrons. The molecule has 1 aromatic heterocycles. The molecular weight excluding hydrogens is 254 g/mol. The summed E-state index contributed by atoms with van der Waals surface area (Å²) in [5, 5.41) is 2.91. The molecule has 2 N–H and O–H groups in total. The third-order valence-electron chi connectivity index (χ3n) is 3.53. The zero-order chi connectivity index (χ0) is 13.9. The highest BCUT2D eigenvalue weighted by molar-refractivity contribution is 5.89. The third-order valence-corrected chi connectivity index (χ3v) is 3.53. The van der Waals surface area contributed by atoms with Crippen molar-refractivity contribution in [2.75, 3.05) is 19.0 Å². The first-order valence-electron chi connectivity index (χ1n) is 6.61. The molecule has 0 atom stereocenters. The number of H-pyrrole nitrogens is 1. The minimum absolute atomic E-state index is 0.0786. The summed E-state index contributed by atoms with van der Waals surface area (Å²) < 4.78 is 5.15. The minimum Gasteiger partial charge on any atom is -0.497 e. The number of methoxy groups -OCH3 is 1. The molecule has 5 heteroatoms. The van der Waals surface area contributed by atoms with Crippen molar-refractivity contribution in [3.05, 3.63) is 47.8 Å². The lowest BCUT2D eigenvalue weighted by atomic mass is 10.1. The Hall–Kier alpha value is -2.43. The number of nitrogens with zero attached hydrogens (tertiary/aromatic N) is 1. The van der Waals surface area contributed by atoms with Crippen LogP contribution in [-0.2, 0) is 13.0 Å². The molecule has 1 aromatic carbocycles. The van der Waals surface area contributed by atoms with Crippen molar-refractivity contribution in [3.63, 3.8) is 0 Å². The molecule has 0 saturated carbocycles. The molecule has 0 bridgehead atoms. The fraction of sp³-hybridized carbons (Fsp3) is 0.267. The summed E-state index contributed by atoms with van der Waals surface area (Å²) in [6.07, 6.45) is 2.79. The highest BCUT2D eigenvalue weighted by Crippen LogP contribution is 2.20. The second-order valence-corrected chi connectivity index (χ2v) is 4.82. The zero-order valence-corrected chi connectivity index (χ0v) is 11.3. The van der Waals surface area contributed by atoms with Gasteiger partial charge in [-0.05, 0) is 23.8 Å². The van der Waals surface area contributed by atoms with Crippen LogP contribution in [0.2, 0.25) is 0 Å². The number of nitrogens with one attached hydrogen (secondary N) is 2. The molecule has 0 aliphatic carbocycles. The van der Waals surface area contributed by atoms with Crippen LogP contribution < -0.4 is 10.1 Å². The lowest BCUT2D eigenvalue weighted by Crippen LogP contribution is -2.38. The van der Waals surface area contributed by atoms with Gasteiger partial charge in [0.15, 0.2) is 0 Å². The van der Waals surface area contributed by atoms with Crippen LogP contribution in [0.15, 0.2) is 36.5 Å². The van der Waals surface area contributed by atoms with E-state index in [1.807, 2.05) is 41.4 Å². The van der Waals surface area contributed by atoms with Gasteiger partial charge < -0.3 is 19.9 Å². The highest BCUT2D eigenvalue weighted by atomic mass is 16.5. The number of ether oxygens (including phenoxy) is 1. The van der Waals surface area contributed by atoms with Gasteiger partial charge in [-0.3, -0.25) is 0 Å². The maximum Gasteiger partial charge on any atom is 0.322 e. The summed E-state index contributed by atoms with van der Waals surface area (Å²) in [6, 6.07) is 9.32. The van der Waals surface area contributed by atoms with Gasteiger partial charge in [-0.1, -0.05) is 6.07 Å². The summed E-state index contributed by atoms with van der Waals surface area (Å²) in [6.45, 7) is 1.37. The van der Waals surface area contributed by atoms with E-state index in [0.717, 1.165) is 24.4 Å². The van der Waals surface area contributed by atoms with Crippen molar-refractivity contribution in [1.29, 1.82) is 0 Å². The van der Waals surface area contributed by atoms with Crippen LogP contribution in [-0.4, -0.2) is 29.6 Å². The molecule has 5 nitrogen and oxygen atoms in total. The van der Waals surface area contributed by atoms with E-state index in [0.29, 0.717) is 6.54 Å². The number of benzene rings is 1. The van der Waals surface area contributed by atoms with Gasteiger partial charge in [0.05, 0.1) is 7.11 Å². The van der Waals surface area contributed by atoms with Crippen LogP contribution >= 0.6 is 0 Å². The first-order chi connectivity index (χ1) is 9.76. The van der Waals surface area contributed by atoms with Gasteiger partial charge in [-0.25, -0.2) is 4.79 Å². The van der Waals surface area contributed by atoms with Crippen LogP contribution in [0.5, 0.6) is 5.75 Å². The average molecular weight is 271 g/mol. The largest absolute Gasteiger partial charge is 0.497 e. The van der Waals surface area contributed by atoms with Gasteiger partial charge in [0.1, 0.15) is 5.75 Å². The highest BCUT2D eigenvalue weighted by Gasteiger charge is 2.21. The molecule has 0 saturated heterocycles. The second kappa shape index (κ2) is 5.28. The van der Waals surface area contributed by atoms with Crippen LogP contribution in [0, 0.1) is 0 Å². The fourth-order valence-corrected chi connectivity index (χ4v) is 2.43. The van der Waals surface area contributed by atoms with Gasteiger partial charge in [-0.15, -0.1) is 0 Å². The quantitative estimate of drug-likeness (QED) is 0.882. The van der Waals surface area contributed by atoms with E-state index >= 15 is 0 Å². The third kappa shape index (κ3) is 2.47. The van der Waals surface area contributed by atoms with Crippen molar-refractivity contribution in [2.24, 2.45) is 0 Å². The Kier molecular flexibility index (Phi) is 3.33. The first kappa shape index (κ1) is 12.6. The second-order valence-electron chi connectivity index (χ2n) is 4.82. The van der Waals surface area contributed by atoms with Crippen LogP contribution in [0.3, 0.4) is 0 Å². The minimum atomic E-state index is -0.0786. The average Bonchev–Trinajstić information content (AvgIpc) is 2.94. The lowest BCUT2D eigenvalue weighted by Gasteiger charge is -2.27. The SMILES string of the molecule is COc1cccc(NC(=O)N2CCc3[nH]ccc3C2)c1. The number of amides is 2. The van der Waals surface area contributed by atoms with E-state index in [9.17, 15) is 4.79 Å². The number of rotatable bonds is 2. The van der Waals surface area contributed by atoms with Crippen LogP contribution in [0.4, 0.5) is 10.5 Å². The summed E-state index contributed by atoms with van der Waals surface area (Å²) in [4.78, 5) is 17.3. The molecule has 1 aliphatic rings. The predicted molar refractivity (Wildman–Crippen MR) is 76.9 cm³/mol. The van der Waals surface area contributed by atoms with E-state index < -0.39 is 0 Å². The first-order valence-corrected chi connectivity index (χ1v) is 6.61. The molecule has 20 heavy (non-hydrogen) atoms. The monoisotopic (exact) mass is 271 g/mol. The molecule has 1 aliphatic heterocycles. The number of carbonyl (C=O) groups is 1. The molecule has 2 aromatic rings. The van der Waals surface area contributed by atoms with Crippen molar-refractivity contribution in [3.8, 4) is 5.75 Å². The van der Waals surface area contributed by atoms with Gasteiger partial charge in [0.2, 0.25) is 0 Å². The Labute approximate surface area is 117 Å². The number of anilines is 1. The number of hydrogen-bond acceptors (Lipinski definition) is 2. The molecule has 0 radical (unpaired) electrons. The summed E-state index contributed by atoms with van der Waals surface area (Å²) in [5.41, 5.74) is 3.17. The van der Waals surface area contributed by atoms with Crippen LogP contribution in [0.1, 0.15) is 11.3 Å². The van der Waals surface area contributed by atoms with Crippen molar-refractivity contribution in [2.45, 2.75) is 13.0 Å². The normalized spacial score (nSPS) is 13.8. The van der Waals surface area contributed by atoms with E-state index in [1.54, 1.807) is 7.11 Å². The summed E-state index contributed by atoms with van der Waals surface area (Å²) in [5.74, 6) is 0.731. The molecule has 3 rings (SSSR count). The Morgan fingerprint density at radius 3 is 3.15 bits per heavy atom. The zero-order valence-electron chi connectivity index (χ0n) is 11.3. The van der Waals surface area contributed by atoms with Crippen molar-refractivity contribution < 1.29 is 9.53 Å². The van der Waals surface area contributed by atoms with E-state index in [-0.39, 0.29) is 6.03 Å². The van der Waals surface area contributed by atoms with Gasteiger partial charge in [-0.2, -0.15) is 0 Å². The lowest BCUT2D eigenvalue weighted by molar-refractivity contribution is 0.206. The van der Waals surface area contributed by atoms with Crippen molar-refractivity contribution >= 4 is 11.7 Å². The number of fused-ring (bicyclic) bond motifs is 1. The number of urea groups is 1. The molecule has 0 fully saturated rings. The Balaban J connectivity index is 1.68. The Morgan fingerprint density at radius 2 is 2.30 bits per heavy atom. The fourth-order valence-electron chi connectivity index (χ4n) is 2.43. The Bertz CT molecular complexity index is 621. The maximum absolute atomic E-state index is 12.3. The van der Waals surface area contributed by atoms with E-state index in [1.165, 1.54) is 11.3 Å². The van der Waals surface area contributed by atoms with Crippen LogP contribution in [0.25, 0.3) is 0 Å². The summed E-state index contributed by atoms with van der Waals surface area (Å²) in [7, 11) is 1.61. The molecule has 0 unspecified atom stereocenters. The van der Waals surface area contributed by atoms with E-state index in [4.69, 9.17) is 4.74 Å². The standard InChI is InChI=1S/C15H17N3O2/c1-20-13-4-2-3-12(9-13)17-15(19)18-8-6-14-11(10-18)5-7-16-14/h2-5,7,9,16H,6,8,10H2,1H3,(H,17,19). The number of hydrogen-bond donors (Lipinski definition) is 2. The topological polar surface area (TPSA) is 57.4 Å². The molecule has 0 spiro atoms. The molecule has 2 amide bonds. The van der Waals surface area contributed by atoms with Gasteiger partial charge in [0.25, 0.3) is 0 Å². The molecular formula is C15H17N3O2. The summed E-state index contributed by atoms with van der Waals surface area (Å²) >= 11 is 0. The predicted octanol–water partition coefficient (Wildman–Crippen LogP) is 2.61. The van der Waals surface area contributed by atoms with E-state index in [2.05, 4.69) is 10.3 Å². The smallest absolute Gasteiger partial charge is 0.322 e. The number of carbonyl (C=O) groups excluding carboxylic acids is 1. The van der Waals surface area contributed by atoms with Gasteiger partial charge >= 0.3 is 6.03 Å². The Morgan fingerprint density at radius 1 is 1.40 bits per heavy atom. The number of aromatic nitrogens is 1. The maximum atomic E-state index is 12.3.